The van der Waals surface area contributed by atoms with Gasteiger partial charge < -0.3 is 21.1 Å². The molecule has 1 aromatic carbocycles. The van der Waals surface area contributed by atoms with Crippen LogP contribution in [0.25, 0.3) is 0 Å². The number of anilines is 2. The molecule has 7 heteroatoms. The van der Waals surface area contributed by atoms with Gasteiger partial charge in [0.25, 0.3) is 0 Å². The van der Waals surface area contributed by atoms with Crippen LogP contribution in [0.15, 0.2) is 12.1 Å². The molecule has 0 radical (unpaired) electrons. The summed E-state index contributed by atoms with van der Waals surface area (Å²) in [5.74, 6) is -2.41. The molecule has 1 aromatic rings. The van der Waals surface area contributed by atoms with Gasteiger partial charge in [0.2, 0.25) is 5.91 Å². The number of halogens is 1. The van der Waals surface area contributed by atoms with Gasteiger partial charge in [-0.1, -0.05) is 0 Å². The molecule has 2 rings (SSSR count). The van der Waals surface area contributed by atoms with Gasteiger partial charge in [0, 0.05) is 26.2 Å². The summed E-state index contributed by atoms with van der Waals surface area (Å²) in [4.78, 5) is 24.4. The van der Waals surface area contributed by atoms with Gasteiger partial charge in [-0.25, -0.2) is 9.18 Å². The van der Waals surface area contributed by atoms with Crippen molar-refractivity contribution in [2.45, 2.75) is 12.8 Å². The zero-order valence-corrected chi connectivity index (χ0v) is 11.7. The largest absolute Gasteiger partial charge is 0.478 e. The monoisotopic (exact) mass is 295 g/mol. The first-order valence-corrected chi connectivity index (χ1v) is 6.73. The first-order chi connectivity index (χ1) is 9.93. The molecule has 1 unspecified atom stereocenters. The molecule has 1 aliphatic rings. The zero-order valence-electron chi connectivity index (χ0n) is 11.7. The van der Waals surface area contributed by atoms with E-state index >= 15 is 0 Å². The summed E-state index contributed by atoms with van der Waals surface area (Å²) in [5, 5.41) is 11.5. The molecule has 6 nitrogen and oxygen atoms in total. The number of piperidine rings is 1. The fourth-order valence-electron chi connectivity index (χ4n) is 2.63. The van der Waals surface area contributed by atoms with E-state index in [0.717, 1.165) is 25.0 Å². The second-order valence-corrected chi connectivity index (χ2v) is 5.10. The first-order valence-electron chi connectivity index (χ1n) is 6.73. The maximum atomic E-state index is 13.8. The lowest BCUT2D eigenvalue weighted by Crippen LogP contribution is -2.42. The second kappa shape index (κ2) is 5.99. The van der Waals surface area contributed by atoms with Crippen LogP contribution in [0.3, 0.4) is 0 Å². The van der Waals surface area contributed by atoms with Crippen molar-refractivity contribution in [1.29, 1.82) is 0 Å². The van der Waals surface area contributed by atoms with E-state index < -0.39 is 17.3 Å². The lowest BCUT2D eigenvalue weighted by molar-refractivity contribution is -0.124. The van der Waals surface area contributed by atoms with Gasteiger partial charge in [-0.2, -0.15) is 0 Å². The summed E-state index contributed by atoms with van der Waals surface area (Å²) >= 11 is 0. The number of amides is 1. The predicted octanol–water partition coefficient (Wildman–Crippen LogP) is 1.07. The third-order valence-corrected chi connectivity index (χ3v) is 3.73. The van der Waals surface area contributed by atoms with Crippen molar-refractivity contribution >= 4 is 23.3 Å². The molecular formula is C14H18FN3O3. The Balaban J connectivity index is 2.27. The molecule has 4 N–H and O–H groups in total. The second-order valence-electron chi connectivity index (χ2n) is 5.10. The molecule has 0 aromatic heterocycles. The van der Waals surface area contributed by atoms with Crippen LogP contribution in [0.2, 0.25) is 0 Å². The molecule has 114 valence electrons. The zero-order chi connectivity index (χ0) is 15.6. The number of carbonyl (C=O) groups is 2. The van der Waals surface area contributed by atoms with Crippen LogP contribution in [0, 0.1) is 11.7 Å². The van der Waals surface area contributed by atoms with E-state index in [1.807, 2.05) is 4.90 Å². The van der Waals surface area contributed by atoms with Crippen molar-refractivity contribution in [3.8, 4) is 0 Å². The topological polar surface area (TPSA) is 95.7 Å². The number of rotatable bonds is 3. The molecule has 1 aliphatic heterocycles. The number of carboxylic acid groups (broad SMARTS) is 1. The molecule has 1 saturated heterocycles. The van der Waals surface area contributed by atoms with Crippen LogP contribution < -0.4 is 16.0 Å². The Morgan fingerprint density at radius 2 is 2.19 bits per heavy atom. The van der Waals surface area contributed by atoms with Gasteiger partial charge in [0.1, 0.15) is 5.82 Å². The lowest BCUT2D eigenvalue weighted by atomic mass is 9.96. The molecule has 0 saturated carbocycles. The molecular weight excluding hydrogens is 277 g/mol. The van der Waals surface area contributed by atoms with E-state index in [-0.39, 0.29) is 17.5 Å². The highest BCUT2D eigenvalue weighted by Crippen LogP contribution is 2.30. The first kappa shape index (κ1) is 15.1. The lowest BCUT2D eigenvalue weighted by Gasteiger charge is -2.34. The quantitative estimate of drug-likeness (QED) is 0.725. The smallest absolute Gasteiger partial charge is 0.338 e. The summed E-state index contributed by atoms with van der Waals surface area (Å²) in [6.45, 7) is 1.10. The van der Waals surface area contributed by atoms with Crippen LogP contribution in [0.1, 0.15) is 23.2 Å². The number of carbonyl (C=O) groups excluding carboxylic acids is 1. The van der Waals surface area contributed by atoms with Crippen molar-refractivity contribution in [3.63, 3.8) is 0 Å². The third kappa shape index (κ3) is 3.07. The molecule has 0 bridgehead atoms. The Bertz CT molecular complexity index is 577. The number of hydrogen-bond acceptors (Lipinski definition) is 4. The van der Waals surface area contributed by atoms with Crippen molar-refractivity contribution in [1.82, 2.24) is 5.32 Å². The molecule has 1 heterocycles. The minimum atomic E-state index is -1.35. The molecule has 1 amide bonds. The van der Waals surface area contributed by atoms with Crippen molar-refractivity contribution in [2.24, 2.45) is 5.92 Å². The van der Waals surface area contributed by atoms with E-state index in [1.165, 1.54) is 0 Å². The van der Waals surface area contributed by atoms with Gasteiger partial charge in [0.05, 0.1) is 22.9 Å². The fourth-order valence-corrected chi connectivity index (χ4v) is 2.63. The van der Waals surface area contributed by atoms with Crippen molar-refractivity contribution < 1.29 is 19.1 Å². The summed E-state index contributed by atoms with van der Waals surface area (Å²) in [7, 11) is 1.58. The highest BCUT2D eigenvalue weighted by Gasteiger charge is 2.27. The van der Waals surface area contributed by atoms with E-state index in [0.29, 0.717) is 18.8 Å². The van der Waals surface area contributed by atoms with Gasteiger partial charge >= 0.3 is 5.97 Å². The van der Waals surface area contributed by atoms with Crippen LogP contribution >= 0.6 is 0 Å². The number of hydrogen-bond donors (Lipinski definition) is 3. The molecule has 0 aliphatic carbocycles. The number of benzene rings is 1. The third-order valence-electron chi connectivity index (χ3n) is 3.73. The number of nitrogens with two attached hydrogens (primary N) is 1. The number of nitrogen functional groups attached to an aromatic ring is 1. The van der Waals surface area contributed by atoms with E-state index in [1.54, 1.807) is 7.05 Å². The maximum Gasteiger partial charge on any atom is 0.338 e. The minimum absolute atomic E-state index is 0.0547. The van der Waals surface area contributed by atoms with Gasteiger partial charge in [0.15, 0.2) is 0 Å². The Morgan fingerprint density at radius 3 is 2.81 bits per heavy atom. The van der Waals surface area contributed by atoms with Gasteiger partial charge in [-0.3, -0.25) is 4.79 Å². The SMILES string of the molecule is CNC(=O)C1CCCN(c2cc(F)c(C(=O)O)cc2N)C1. The number of aromatic carboxylic acids is 1. The van der Waals surface area contributed by atoms with Crippen LogP contribution in [0.4, 0.5) is 15.8 Å². The summed E-state index contributed by atoms with van der Waals surface area (Å²) in [6.07, 6.45) is 1.56. The average molecular weight is 295 g/mol. The summed E-state index contributed by atoms with van der Waals surface area (Å²) in [5.41, 5.74) is 6.03. The molecule has 1 fully saturated rings. The van der Waals surface area contributed by atoms with Crippen LogP contribution in [0.5, 0.6) is 0 Å². The van der Waals surface area contributed by atoms with Gasteiger partial charge in [-0.05, 0) is 18.9 Å². The van der Waals surface area contributed by atoms with Gasteiger partial charge in [-0.15, -0.1) is 0 Å². The van der Waals surface area contributed by atoms with Crippen molar-refractivity contribution in [2.75, 3.05) is 30.8 Å². The van der Waals surface area contributed by atoms with Crippen molar-refractivity contribution in [3.05, 3.63) is 23.5 Å². The van der Waals surface area contributed by atoms with Crippen LogP contribution in [-0.2, 0) is 4.79 Å². The molecule has 1 atom stereocenters. The predicted molar refractivity (Wildman–Crippen MR) is 76.8 cm³/mol. The maximum absolute atomic E-state index is 13.8. The Morgan fingerprint density at radius 1 is 1.48 bits per heavy atom. The number of nitrogens with one attached hydrogen (secondary N) is 1. The Kier molecular flexibility index (Phi) is 4.30. The summed E-state index contributed by atoms with van der Waals surface area (Å²) in [6, 6.07) is 2.25. The highest BCUT2D eigenvalue weighted by molar-refractivity contribution is 5.91. The van der Waals surface area contributed by atoms with E-state index in [2.05, 4.69) is 5.32 Å². The Labute approximate surface area is 121 Å². The number of carboxylic acids is 1. The van der Waals surface area contributed by atoms with E-state index in [4.69, 9.17) is 10.8 Å². The Hall–Kier alpha value is -2.31. The molecule has 21 heavy (non-hydrogen) atoms. The standard InChI is InChI=1S/C14H18FN3O3/c1-17-13(19)8-3-2-4-18(7-8)12-6-10(15)9(14(20)21)5-11(12)16/h5-6,8H,2-4,7,16H2,1H3,(H,17,19)(H,20,21). The van der Waals surface area contributed by atoms with Crippen LogP contribution in [-0.4, -0.2) is 37.1 Å². The minimum Gasteiger partial charge on any atom is -0.478 e. The average Bonchev–Trinajstić information content (AvgIpc) is 2.48. The fraction of sp³-hybridized carbons (Fsp3) is 0.429. The normalized spacial score (nSPS) is 18.4. The number of nitrogens with zero attached hydrogens (tertiary/aromatic N) is 1. The highest BCUT2D eigenvalue weighted by atomic mass is 19.1. The summed E-state index contributed by atoms with van der Waals surface area (Å²) < 4.78 is 13.8. The molecule has 0 spiro atoms. The van der Waals surface area contributed by atoms with E-state index in [9.17, 15) is 14.0 Å².